The van der Waals surface area contributed by atoms with E-state index in [0.29, 0.717) is 24.3 Å². The molecule has 1 saturated heterocycles. The Balaban J connectivity index is 1.33. The van der Waals surface area contributed by atoms with Crippen molar-refractivity contribution in [2.24, 2.45) is 0 Å². The Morgan fingerprint density at radius 1 is 1.06 bits per heavy atom. The minimum absolute atomic E-state index is 0.0141. The lowest BCUT2D eigenvalue weighted by atomic mass is 9.97. The lowest BCUT2D eigenvalue weighted by Crippen LogP contribution is -2.49. The van der Waals surface area contributed by atoms with Crippen LogP contribution in [0.15, 0.2) is 36.7 Å². The number of amides is 2. The van der Waals surface area contributed by atoms with E-state index >= 15 is 0 Å². The third-order valence-electron chi connectivity index (χ3n) is 6.09. The number of anilines is 2. The van der Waals surface area contributed by atoms with Gasteiger partial charge in [0, 0.05) is 62.3 Å². The molecule has 0 atom stereocenters. The van der Waals surface area contributed by atoms with Crippen molar-refractivity contribution in [3.8, 4) is 0 Å². The van der Waals surface area contributed by atoms with Crippen molar-refractivity contribution in [2.45, 2.75) is 32.6 Å². The molecule has 2 aliphatic rings. The van der Waals surface area contributed by atoms with Crippen LogP contribution in [-0.4, -0.2) is 57.5 Å². The molecule has 2 aromatic heterocycles. The van der Waals surface area contributed by atoms with Crippen LogP contribution >= 0.6 is 0 Å². The summed E-state index contributed by atoms with van der Waals surface area (Å²) in [5.41, 5.74) is 4.89. The van der Waals surface area contributed by atoms with E-state index in [2.05, 4.69) is 10.2 Å². The molecular formula is C23H26N6O2. The van der Waals surface area contributed by atoms with Crippen LogP contribution in [0.4, 0.5) is 11.5 Å². The minimum atomic E-state index is -0.151. The fourth-order valence-corrected chi connectivity index (χ4v) is 4.62. The second-order valence-corrected chi connectivity index (χ2v) is 8.22. The summed E-state index contributed by atoms with van der Waals surface area (Å²) < 4.78 is 1.98. The minimum Gasteiger partial charge on any atom is -0.351 e. The molecule has 1 N–H and O–H groups in total. The number of benzene rings is 1. The summed E-state index contributed by atoms with van der Waals surface area (Å²) in [5, 5.41) is 7.51. The Morgan fingerprint density at radius 2 is 1.87 bits per heavy atom. The topological polar surface area (TPSA) is 82.8 Å². The van der Waals surface area contributed by atoms with Gasteiger partial charge in [0.2, 0.25) is 5.91 Å². The fraction of sp³-hybridized carbons (Fsp3) is 0.391. The highest BCUT2D eigenvalue weighted by atomic mass is 16.2. The monoisotopic (exact) mass is 418 g/mol. The Kier molecular flexibility index (Phi) is 5.05. The van der Waals surface area contributed by atoms with Crippen LogP contribution in [0, 0.1) is 0 Å². The third kappa shape index (κ3) is 3.73. The maximum absolute atomic E-state index is 13.0. The van der Waals surface area contributed by atoms with Crippen molar-refractivity contribution in [1.29, 1.82) is 0 Å². The van der Waals surface area contributed by atoms with Crippen LogP contribution in [0.3, 0.4) is 0 Å². The molecule has 1 aromatic carbocycles. The molecule has 0 bridgehead atoms. The van der Waals surface area contributed by atoms with Crippen LogP contribution in [0.25, 0.3) is 5.52 Å². The van der Waals surface area contributed by atoms with Crippen molar-refractivity contribution >= 4 is 28.8 Å². The number of hydrogen-bond acceptors (Lipinski definition) is 5. The van der Waals surface area contributed by atoms with E-state index in [0.717, 1.165) is 37.3 Å². The summed E-state index contributed by atoms with van der Waals surface area (Å²) in [4.78, 5) is 33.2. The van der Waals surface area contributed by atoms with Crippen LogP contribution in [0.5, 0.6) is 0 Å². The van der Waals surface area contributed by atoms with Gasteiger partial charge < -0.3 is 15.1 Å². The first-order valence-corrected chi connectivity index (χ1v) is 10.9. The number of piperazine rings is 1. The average molecular weight is 419 g/mol. The SMILES string of the molecule is CC(=O)Nc1cccc(C(=O)N2CCN(c3nccn4nc5c(c34)CCCC5)CC2)c1. The lowest BCUT2D eigenvalue weighted by molar-refractivity contribution is -0.114. The maximum atomic E-state index is 13.0. The Bertz CT molecular complexity index is 1150. The van der Waals surface area contributed by atoms with Gasteiger partial charge in [0.05, 0.1) is 5.69 Å². The van der Waals surface area contributed by atoms with Crippen LogP contribution < -0.4 is 10.2 Å². The Labute approximate surface area is 180 Å². The summed E-state index contributed by atoms with van der Waals surface area (Å²) in [6, 6.07) is 7.11. The number of rotatable bonds is 3. The van der Waals surface area contributed by atoms with Crippen LogP contribution in [0.1, 0.15) is 41.4 Å². The van der Waals surface area contributed by atoms with E-state index in [4.69, 9.17) is 10.1 Å². The number of hydrogen-bond donors (Lipinski definition) is 1. The molecule has 0 spiro atoms. The molecule has 3 aromatic rings. The second kappa shape index (κ2) is 8.02. The second-order valence-electron chi connectivity index (χ2n) is 8.22. The molecular weight excluding hydrogens is 392 g/mol. The molecule has 2 amide bonds. The number of carbonyl (C=O) groups is 2. The number of nitrogens with zero attached hydrogens (tertiary/aromatic N) is 5. The molecule has 1 aliphatic heterocycles. The zero-order valence-electron chi connectivity index (χ0n) is 17.7. The van der Waals surface area contributed by atoms with Gasteiger partial charge >= 0.3 is 0 Å². The van der Waals surface area contributed by atoms with Gasteiger partial charge in [0.15, 0.2) is 5.82 Å². The van der Waals surface area contributed by atoms with Crippen LogP contribution in [0.2, 0.25) is 0 Å². The maximum Gasteiger partial charge on any atom is 0.254 e. The Hall–Kier alpha value is -3.42. The third-order valence-corrected chi connectivity index (χ3v) is 6.09. The number of nitrogens with one attached hydrogen (secondary N) is 1. The molecule has 0 radical (unpaired) electrons. The zero-order chi connectivity index (χ0) is 21.4. The van der Waals surface area contributed by atoms with Crippen LogP contribution in [-0.2, 0) is 17.6 Å². The van der Waals surface area contributed by atoms with E-state index in [-0.39, 0.29) is 11.8 Å². The van der Waals surface area contributed by atoms with Gasteiger partial charge in [-0.2, -0.15) is 5.10 Å². The van der Waals surface area contributed by atoms with Crippen molar-refractivity contribution in [3.63, 3.8) is 0 Å². The first-order valence-electron chi connectivity index (χ1n) is 10.9. The van der Waals surface area contributed by atoms with Crippen molar-refractivity contribution in [2.75, 3.05) is 36.4 Å². The molecule has 1 aliphatic carbocycles. The van der Waals surface area contributed by atoms with Gasteiger partial charge in [-0.15, -0.1) is 0 Å². The molecule has 1 fully saturated rings. The normalized spacial score (nSPS) is 16.3. The van der Waals surface area contributed by atoms with Crippen molar-refractivity contribution in [3.05, 3.63) is 53.5 Å². The highest BCUT2D eigenvalue weighted by Crippen LogP contribution is 2.30. The lowest BCUT2D eigenvalue weighted by Gasteiger charge is -2.35. The summed E-state index contributed by atoms with van der Waals surface area (Å²) >= 11 is 0. The van der Waals surface area contributed by atoms with Gasteiger partial charge in [-0.1, -0.05) is 6.07 Å². The summed E-state index contributed by atoms with van der Waals surface area (Å²) in [7, 11) is 0. The van der Waals surface area contributed by atoms with E-state index in [9.17, 15) is 9.59 Å². The van der Waals surface area contributed by atoms with E-state index in [1.54, 1.807) is 24.3 Å². The van der Waals surface area contributed by atoms with E-state index in [1.165, 1.54) is 31.0 Å². The first-order chi connectivity index (χ1) is 15.1. The number of fused-ring (bicyclic) bond motifs is 3. The largest absolute Gasteiger partial charge is 0.351 e. The number of aromatic nitrogens is 3. The smallest absolute Gasteiger partial charge is 0.254 e. The number of aryl methyl sites for hydroxylation is 2. The van der Waals surface area contributed by atoms with Gasteiger partial charge in [-0.3, -0.25) is 9.59 Å². The summed E-state index contributed by atoms with van der Waals surface area (Å²) in [5.74, 6) is 0.805. The van der Waals surface area contributed by atoms with Gasteiger partial charge in [0.25, 0.3) is 5.91 Å². The van der Waals surface area contributed by atoms with Gasteiger partial charge in [-0.25, -0.2) is 9.50 Å². The van der Waals surface area contributed by atoms with E-state index in [1.807, 2.05) is 21.8 Å². The predicted molar refractivity (Wildman–Crippen MR) is 118 cm³/mol. The molecule has 3 heterocycles. The molecule has 8 nitrogen and oxygen atoms in total. The molecule has 31 heavy (non-hydrogen) atoms. The van der Waals surface area contributed by atoms with Crippen molar-refractivity contribution < 1.29 is 9.59 Å². The van der Waals surface area contributed by atoms with E-state index < -0.39 is 0 Å². The first kappa shape index (κ1) is 19.5. The standard InChI is InChI=1S/C23H26N6O2/c1-16(30)25-18-6-4-5-17(15-18)23(31)28-13-11-27(12-14-28)22-21-19-7-2-3-8-20(19)26-29(21)10-9-24-22/h4-6,9-10,15H,2-3,7-8,11-14H2,1H3,(H,25,30). The van der Waals surface area contributed by atoms with Gasteiger partial charge in [0.1, 0.15) is 5.52 Å². The highest BCUT2D eigenvalue weighted by molar-refractivity contribution is 5.97. The molecule has 8 heteroatoms. The zero-order valence-corrected chi connectivity index (χ0v) is 17.7. The Morgan fingerprint density at radius 3 is 2.68 bits per heavy atom. The molecule has 5 rings (SSSR count). The highest BCUT2D eigenvalue weighted by Gasteiger charge is 2.27. The van der Waals surface area contributed by atoms with Crippen molar-refractivity contribution in [1.82, 2.24) is 19.5 Å². The quantitative estimate of drug-likeness (QED) is 0.707. The molecule has 160 valence electrons. The van der Waals surface area contributed by atoms with Gasteiger partial charge in [-0.05, 0) is 43.9 Å². The average Bonchev–Trinajstić information content (AvgIpc) is 3.17. The molecule has 0 saturated carbocycles. The summed E-state index contributed by atoms with van der Waals surface area (Å²) in [6.45, 7) is 4.16. The number of carbonyl (C=O) groups excluding carboxylic acids is 2. The summed E-state index contributed by atoms with van der Waals surface area (Å²) in [6.07, 6.45) is 8.23. The predicted octanol–water partition coefficient (Wildman–Crippen LogP) is 2.53. The fourth-order valence-electron chi connectivity index (χ4n) is 4.62. The molecule has 0 unspecified atom stereocenters.